The Morgan fingerprint density at radius 2 is 1.91 bits per heavy atom. The minimum Gasteiger partial charge on any atom is -0.459 e. The van der Waals surface area contributed by atoms with Crippen molar-refractivity contribution in [3.05, 3.63) is 69.9 Å². The molecule has 3 nitrogen and oxygen atoms in total. The van der Waals surface area contributed by atoms with E-state index in [4.69, 9.17) is 27.6 Å². The molecular formula is C17H13Cl2NO2. The molecule has 5 heteroatoms. The van der Waals surface area contributed by atoms with Crippen LogP contribution in [-0.4, -0.2) is 5.91 Å². The zero-order chi connectivity index (χ0) is 15.7. The molecule has 1 aromatic heterocycles. The molecule has 112 valence electrons. The number of nitrogens with one attached hydrogen (secondary N) is 1. The molecule has 1 heterocycles. The first-order chi connectivity index (χ1) is 10.5. The van der Waals surface area contributed by atoms with Gasteiger partial charge in [-0.3, -0.25) is 4.79 Å². The topological polar surface area (TPSA) is 42.2 Å². The summed E-state index contributed by atoms with van der Waals surface area (Å²) in [6, 6.07) is 14.1. The summed E-state index contributed by atoms with van der Waals surface area (Å²) < 4.78 is 5.75. The molecule has 1 amide bonds. The summed E-state index contributed by atoms with van der Waals surface area (Å²) in [6.07, 6.45) is 0. The normalized spacial score (nSPS) is 12.3. The highest BCUT2D eigenvalue weighted by Crippen LogP contribution is 2.25. The van der Waals surface area contributed by atoms with Gasteiger partial charge in [0.15, 0.2) is 0 Å². The van der Waals surface area contributed by atoms with Crippen LogP contribution in [0.25, 0.3) is 11.0 Å². The molecule has 0 saturated heterocycles. The molecule has 1 atom stereocenters. The maximum absolute atomic E-state index is 12.3. The second-order valence-corrected chi connectivity index (χ2v) is 5.85. The van der Waals surface area contributed by atoms with Gasteiger partial charge in [-0.1, -0.05) is 41.4 Å². The van der Waals surface area contributed by atoms with Crippen molar-refractivity contribution in [3.63, 3.8) is 0 Å². The summed E-state index contributed by atoms with van der Waals surface area (Å²) in [5.74, 6) is 0.396. The van der Waals surface area contributed by atoms with E-state index in [2.05, 4.69) is 5.32 Å². The summed E-state index contributed by atoms with van der Waals surface area (Å²) in [5.41, 5.74) is 1.14. The number of hydrogen-bond donors (Lipinski definition) is 1. The van der Waals surface area contributed by atoms with Crippen LogP contribution < -0.4 is 5.32 Å². The number of carbonyl (C=O) groups excluding carboxylic acids is 1. The molecule has 3 aromatic rings. The lowest BCUT2D eigenvalue weighted by atomic mass is 10.1. The van der Waals surface area contributed by atoms with Gasteiger partial charge in [0.05, 0.1) is 16.6 Å². The maximum atomic E-state index is 12.3. The third kappa shape index (κ3) is 2.96. The van der Waals surface area contributed by atoms with E-state index >= 15 is 0 Å². The molecule has 0 saturated carbocycles. The molecule has 0 bridgehead atoms. The van der Waals surface area contributed by atoms with Gasteiger partial charge in [-0.15, -0.1) is 0 Å². The van der Waals surface area contributed by atoms with Gasteiger partial charge >= 0.3 is 0 Å². The monoisotopic (exact) mass is 333 g/mol. The Kier molecular flexibility index (Phi) is 4.10. The number of rotatable bonds is 3. The molecule has 0 aliphatic carbocycles. The summed E-state index contributed by atoms with van der Waals surface area (Å²) in [4.78, 5) is 12.3. The van der Waals surface area contributed by atoms with Gasteiger partial charge in [0.2, 0.25) is 0 Å². The minimum absolute atomic E-state index is 0.282. The lowest BCUT2D eigenvalue weighted by Crippen LogP contribution is -2.26. The second-order valence-electron chi connectivity index (χ2n) is 5.01. The average Bonchev–Trinajstić information content (AvgIpc) is 2.93. The third-order valence-electron chi connectivity index (χ3n) is 3.39. The third-order valence-corrected chi connectivity index (χ3v) is 3.96. The SMILES string of the molecule is C[C@@H](NC(=O)c1cc(Cl)ccc1Cl)c1cc2ccccc2o1. The summed E-state index contributed by atoms with van der Waals surface area (Å²) >= 11 is 12.0. The number of carbonyl (C=O) groups is 1. The summed E-state index contributed by atoms with van der Waals surface area (Å²) in [6.45, 7) is 1.86. The number of benzene rings is 2. The van der Waals surface area contributed by atoms with Crippen molar-refractivity contribution in [1.29, 1.82) is 0 Å². The number of hydrogen-bond acceptors (Lipinski definition) is 2. The van der Waals surface area contributed by atoms with E-state index in [0.717, 1.165) is 11.0 Å². The Labute approximate surface area is 137 Å². The predicted octanol–water partition coefficient (Wildman–Crippen LogP) is 5.23. The molecule has 0 spiro atoms. The fraction of sp³-hybridized carbons (Fsp3) is 0.118. The van der Waals surface area contributed by atoms with Crippen LogP contribution in [0.2, 0.25) is 10.0 Å². The largest absolute Gasteiger partial charge is 0.459 e. The van der Waals surface area contributed by atoms with E-state index in [0.29, 0.717) is 21.4 Å². The second kappa shape index (κ2) is 6.03. The Bertz CT molecular complexity index is 809. The van der Waals surface area contributed by atoms with Gasteiger partial charge < -0.3 is 9.73 Å². The van der Waals surface area contributed by atoms with Crippen LogP contribution >= 0.6 is 23.2 Å². The van der Waals surface area contributed by atoms with Crippen molar-refractivity contribution in [2.45, 2.75) is 13.0 Å². The van der Waals surface area contributed by atoms with E-state index in [-0.39, 0.29) is 11.9 Å². The van der Waals surface area contributed by atoms with Crippen molar-refractivity contribution in [2.75, 3.05) is 0 Å². The molecule has 22 heavy (non-hydrogen) atoms. The molecule has 0 radical (unpaired) electrons. The van der Waals surface area contributed by atoms with Crippen molar-refractivity contribution in [1.82, 2.24) is 5.32 Å². The van der Waals surface area contributed by atoms with E-state index in [1.807, 2.05) is 37.3 Å². The van der Waals surface area contributed by atoms with E-state index < -0.39 is 0 Å². The highest BCUT2D eigenvalue weighted by Gasteiger charge is 2.17. The Morgan fingerprint density at radius 1 is 1.14 bits per heavy atom. The zero-order valence-electron chi connectivity index (χ0n) is 11.8. The minimum atomic E-state index is -0.291. The molecule has 0 fully saturated rings. The van der Waals surface area contributed by atoms with Crippen LogP contribution in [0.3, 0.4) is 0 Å². The van der Waals surface area contributed by atoms with Crippen molar-refractivity contribution < 1.29 is 9.21 Å². The highest BCUT2D eigenvalue weighted by molar-refractivity contribution is 6.35. The number of amides is 1. The molecular weight excluding hydrogens is 321 g/mol. The number of para-hydroxylation sites is 1. The van der Waals surface area contributed by atoms with Gasteiger partial charge in [-0.05, 0) is 37.3 Å². The van der Waals surface area contributed by atoms with E-state index in [9.17, 15) is 4.79 Å². The fourth-order valence-electron chi connectivity index (χ4n) is 2.23. The average molecular weight is 334 g/mol. The van der Waals surface area contributed by atoms with E-state index in [1.165, 1.54) is 0 Å². The smallest absolute Gasteiger partial charge is 0.253 e. The van der Waals surface area contributed by atoms with Crippen LogP contribution in [0, 0.1) is 0 Å². The van der Waals surface area contributed by atoms with Gasteiger partial charge in [-0.2, -0.15) is 0 Å². The van der Waals surface area contributed by atoms with Crippen molar-refractivity contribution in [2.24, 2.45) is 0 Å². The molecule has 0 unspecified atom stereocenters. The maximum Gasteiger partial charge on any atom is 0.253 e. The number of furan rings is 1. The van der Waals surface area contributed by atoms with Crippen LogP contribution in [-0.2, 0) is 0 Å². The van der Waals surface area contributed by atoms with Crippen LogP contribution in [0.1, 0.15) is 29.1 Å². The Balaban J connectivity index is 1.82. The first-order valence-electron chi connectivity index (χ1n) is 6.79. The predicted molar refractivity (Wildman–Crippen MR) is 88.6 cm³/mol. The van der Waals surface area contributed by atoms with Gasteiger partial charge in [0, 0.05) is 10.4 Å². The Morgan fingerprint density at radius 3 is 2.68 bits per heavy atom. The molecule has 0 aliphatic rings. The van der Waals surface area contributed by atoms with Crippen LogP contribution in [0.15, 0.2) is 52.9 Å². The van der Waals surface area contributed by atoms with Crippen LogP contribution in [0.5, 0.6) is 0 Å². The number of halogens is 2. The lowest BCUT2D eigenvalue weighted by Gasteiger charge is -2.12. The van der Waals surface area contributed by atoms with Crippen molar-refractivity contribution >= 4 is 40.1 Å². The van der Waals surface area contributed by atoms with E-state index in [1.54, 1.807) is 18.2 Å². The highest BCUT2D eigenvalue weighted by atomic mass is 35.5. The fourth-order valence-corrected chi connectivity index (χ4v) is 2.61. The van der Waals surface area contributed by atoms with Gasteiger partial charge in [0.1, 0.15) is 11.3 Å². The molecule has 2 aromatic carbocycles. The molecule has 0 aliphatic heterocycles. The Hall–Kier alpha value is -1.97. The molecule has 1 N–H and O–H groups in total. The molecule has 3 rings (SSSR count). The standard InChI is InChI=1S/C17H13Cl2NO2/c1-10(16-8-11-4-2-3-5-15(11)22-16)20-17(21)13-9-12(18)6-7-14(13)19/h2-10H,1H3,(H,20,21)/t10-/m1/s1. The summed E-state index contributed by atoms with van der Waals surface area (Å²) in [7, 11) is 0. The van der Waals surface area contributed by atoms with Crippen LogP contribution in [0.4, 0.5) is 0 Å². The number of fused-ring (bicyclic) bond motifs is 1. The van der Waals surface area contributed by atoms with Gasteiger partial charge in [-0.25, -0.2) is 0 Å². The first-order valence-corrected chi connectivity index (χ1v) is 7.54. The zero-order valence-corrected chi connectivity index (χ0v) is 13.3. The first kappa shape index (κ1) is 14.9. The quantitative estimate of drug-likeness (QED) is 0.712. The van der Waals surface area contributed by atoms with Crippen molar-refractivity contribution in [3.8, 4) is 0 Å². The summed E-state index contributed by atoms with van der Waals surface area (Å²) in [5, 5.41) is 4.69. The van der Waals surface area contributed by atoms with Gasteiger partial charge in [0.25, 0.3) is 5.91 Å². The lowest BCUT2D eigenvalue weighted by molar-refractivity contribution is 0.0936.